The molecular weight excluding hydrogens is 198 g/mol. The van der Waals surface area contributed by atoms with Gasteiger partial charge in [0.05, 0.1) is 0 Å². The van der Waals surface area contributed by atoms with Crippen molar-refractivity contribution in [3.8, 4) is 0 Å². The molecule has 0 amide bonds. The molecule has 2 N–H and O–H groups in total. The van der Waals surface area contributed by atoms with Gasteiger partial charge in [0.1, 0.15) is 5.82 Å². The molecule has 1 aromatic heterocycles. The molecule has 1 aliphatic carbocycles. The van der Waals surface area contributed by atoms with Crippen LogP contribution in [-0.2, 0) is 13.0 Å². The highest BCUT2D eigenvalue weighted by molar-refractivity contribution is 4.96. The number of nitrogens with two attached hydrogens (primary N) is 1. The van der Waals surface area contributed by atoms with Crippen molar-refractivity contribution in [2.24, 2.45) is 17.6 Å². The summed E-state index contributed by atoms with van der Waals surface area (Å²) in [6, 6.07) is 0. The third-order valence-corrected chi connectivity index (χ3v) is 3.83. The Labute approximate surface area is 98.1 Å². The highest BCUT2D eigenvalue weighted by Gasteiger charge is 2.27. The maximum absolute atomic E-state index is 5.82. The van der Waals surface area contributed by atoms with Crippen LogP contribution >= 0.6 is 0 Å². The summed E-state index contributed by atoms with van der Waals surface area (Å²) in [4.78, 5) is 4.49. The van der Waals surface area contributed by atoms with E-state index in [-0.39, 0.29) is 0 Å². The topological polar surface area (TPSA) is 43.8 Å². The van der Waals surface area contributed by atoms with E-state index in [1.54, 1.807) is 0 Å². The van der Waals surface area contributed by atoms with E-state index >= 15 is 0 Å². The molecule has 1 heterocycles. The van der Waals surface area contributed by atoms with E-state index in [0.29, 0.717) is 0 Å². The van der Waals surface area contributed by atoms with Crippen LogP contribution in [0.2, 0.25) is 0 Å². The van der Waals surface area contributed by atoms with Crippen molar-refractivity contribution in [2.75, 3.05) is 6.54 Å². The summed E-state index contributed by atoms with van der Waals surface area (Å²) in [6.45, 7) is 4.15. The van der Waals surface area contributed by atoms with Crippen molar-refractivity contribution in [3.63, 3.8) is 0 Å². The first-order valence-electron chi connectivity index (χ1n) is 6.55. The molecule has 90 valence electrons. The molecule has 2 atom stereocenters. The van der Waals surface area contributed by atoms with Gasteiger partial charge in [-0.15, -0.1) is 0 Å². The second-order valence-electron chi connectivity index (χ2n) is 4.93. The van der Waals surface area contributed by atoms with Gasteiger partial charge < -0.3 is 10.3 Å². The molecule has 1 aromatic rings. The molecule has 2 unspecified atom stereocenters. The molecule has 3 heteroatoms. The van der Waals surface area contributed by atoms with Crippen molar-refractivity contribution < 1.29 is 0 Å². The Hall–Kier alpha value is -0.830. The minimum Gasteiger partial charge on any atom is -0.335 e. The first-order chi connectivity index (χ1) is 7.85. The van der Waals surface area contributed by atoms with Gasteiger partial charge in [-0.2, -0.15) is 0 Å². The van der Waals surface area contributed by atoms with E-state index in [1.807, 2.05) is 6.20 Å². The highest BCUT2D eigenvalue weighted by atomic mass is 15.1. The van der Waals surface area contributed by atoms with Crippen LogP contribution in [0.5, 0.6) is 0 Å². The fraction of sp³-hybridized carbons (Fsp3) is 0.769. The Morgan fingerprint density at radius 1 is 1.44 bits per heavy atom. The number of aromatic nitrogens is 2. The zero-order valence-corrected chi connectivity index (χ0v) is 10.2. The Morgan fingerprint density at radius 2 is 2.25 bits per heavy atom. The quantitative estimate of drug-likeness (QED) is 0.828. The van der Waals surface area contributed by atoms with Gasteiger partial charge in [-0.25, -0.2) is 4.98 Å². The lowest BCUT2D eigenvalue weighted by molar-refractivity contribution is 0.381. The molecule has 0 aromatic carbocycles. The van der Waals surface area contributed by atoms with Gasteiger partial charge in [-0.1, -0.05) is 13.3 Å². The first kappa shape index (κ1) is 11.6. The standard InChI is InChI=1S/C13H23N3/c1-2-7-16-8-6-15-13(16)9-11-4-3-5-12(11)10-14/h6,8,11-12H,2-5,7,9-10,14H2,1H3. The van der Waals surface area contributed by atoms with Gasteiger partial charge in [0, 0.05) is 25.4 Å². The molecule has 0 bridgehead atoms. The molecular formula is C13H23N3. The second kappa shape index (κ2) is 5.48. The summed E-state index contributed by atoms with van der Waals surface area (Å²) >= 11 is 0. The average molecular weight is 221 g/mol. The van der Waals surface area contributed by atoms with Crippen molar-refractivity contribution in [1.29, 1.82) is 0 Å². The Morgan fingerprint density at radius 3 is 3.00 bits per heavy atom. The van der Waals surface area contributed by atoms with Gasteiger partial charge in [0.25, 0.3) is 0 Å². The lowest BCUT2D eigenvalue weighted by Crippen LogP contribution is -2.21. The molecule has 0 spiro atoms. The zero-order chi connectivity index (χ0) is 11.4. The van der Waals surface area contributed by atoms with E-state index in [2.05, 4.69) is 22.7 Å². The molecule has 1 saturated carbocycles. The number of aryl methyl sites for hydroxylation is 1. The summed E-state index contributed by atoms with van der Waals surface area (Å²) in [5.41, 5.74) is 5.82. The van der Waals surface area contributed by atoms with Crippen LogP contribution < -0.4 is 5.73 Å². The minimum absolute atomic E-state index is 0.728. The third-order valence-electron chi connectivity index (χ3n) is 3.83. The van der Waals surface area contributed by atoms with Crippen LogP contribution in [0.25, 0.3) is 0 Å². The van der Waals surface area contributed by atoms with Gasteiger partial charge in [-0.05, 0) is 37.6 Å². The summed E-state index contributed by atoms with van der Waals surface area (Å²) < 4.78 is 2.30. The van der Waals surface area contributed by atoms with Crippen LogP contribution in [0, 0.1) is 11.8 Å². The fourth-order valence-electron chi connectivity index (χ4n) is 2.90. The van der Waals surface area contributed by atoms with Crippen LogP contribution in [0.15, 0.2) is 12.4 Å². The van der Waals surface area contributed by atoms with E-state index in [4.69, 9.17) is 5.73 Å². The van der Waals surface area contributed by atoms with Crippen LogP contribution in [0.4, 0.5) is 0 Å². The summed E-state index contributed by atoms with van der Waals surface area (Å²) in [6.07, 6.45) is 10.3. The smallest absolute Gasteiger partial charge is 0.108 e. The Kier molecular flexibility index (Phi) is 3.99. The maximum Gasteiger partial charge on any atom is 0.108 e. The number of rotatable bonds is 5. The molecule has 0 aliphatic heterocycles. The molecule has 0 radical (unpaired) electrons. The Balaban J connectivity index is 1.99. The Bertz CT molecular complexity index is 319. The van der Waals surface area contributed by atoms with E-state index in [1.165, 1.54) is 31.5 Å². The highest BCUT2D eigenvalue weighted by Crippen LogP contribution is 2.33. The normalized spacial score (nSPS) is 25.1. The van der Waals surface area contributed by atoms with E-state index in [9.17, 15) is 0 Å². The monoisotopic (exact) mass is 221 g/mol. The van der Waals surface area contributed by atoms with Crippen LogP contribution in [0.3, 0.4) is 0 Å². The second-order valence-corrected chi connectivity index (χ2v) is 4.93. The van der Waals surface area contributed by atoms with Crippen molar-refractivity contribution in [3.05, 3.63) is 18.2 Å². The predicted octanol–water partition coefficient (Wildman–Crippen LogP) is 2.21. The molecule has 16 heavy (non-hydrogen) atoms. The molecule has 3 nitrogen and oxygen atoms in total. The minimum atomic E-state index is 0.728. The number of hydrogen-bond donors (Lipinski definition) is 1. The maximum atomic E-state index is 5.82. The van der Waals surface area contributed by atoms with Crippen molar-refractivity contribution >= 4 is 0 Å². The van der Waals surface area contributed by atoms with Crippen LogP contribution in [-0.4, -0.2) is 16.1 Å². The number of hydrogen-bond acceptors (Lipinski definition) is 2. The van der Waals surface area contributed by atoms with Gasteiger partial charge >= 0.3 is 0 Å². The summed E-state index contributed by atoms with van der Waals surface area (Å²) in [7, 11) is 0. The summed E-state index contributed by atoms with van der Waals surface area (Å²) in [5, 5.41) is 0. The molecule has 1 aliphatic rings. The van der Waals surface area contributed by atoms with Gasteiger partial charge in [-0.3, -0.25) is 0 Å². The van der Waals surface area contributed by atoms with Crippen molar-refractivity contribution in [1.82, 2.24) is 9.55 Å². The zero-order valence-electron chi connectivity index (χ0n) is 10.2. The predicted molar refractivity (Wildman–Crippen MR) is 66.1 cm³/mol. The number of imidazole rings is 1. The molecule has 1 fully saturated rings. The van der Waals surface area contributed by atoms with Gasteiger partial charge in [0.2, 0.25) is 0 Å². The average Bonchev–Trinajstić information content (AvgIpc) is 2.89. The molecule has 2 rings (SSSR count). The van der Waals surface area contributed by atoms with Crippen LogP contribution in [0.1, 0.15) is 38.4 Å². The SMILES string of the molecule is CCCn1ccnc1CC1CCCC1CN. The van der Waals surface area contributed by atoms with Gasteiger partial charge in [0.15, 0.2) is 0 Å². The summed E-state index contributed by atoms with van der Waals surface area (Å²) in [5.74, 6) is 2.75. The van der Waals surface area contributed by atoms with E-state index < -0.39 is 0 Å². The molecule has 0 saturated heterocycles. The fourth-order valence-corrected chi connectivity index (χ4v) is 2.90. The largest absolute Gasteiger partial charge is 0.335 e. The van der Waals surface area contributed by atoms with E-state index in [0.717, 1.165) is 31.3 Å². The third kappa shape index (κ3) is 2.46. The lowest BCUT2D eigenvalue weighted by Gasteiger charge is -2.18. The number of nitrogens with zero attached hydrogens (tertiary/aromatic N) is 2. The van der Waals surface area contributed by atoms with Crippen molar-refractivity contribution in [2.45, 2.75) is 45.6 Å². The lowest BCUT2D eigenvalue weighted by atomic mass is 9.93. The first-order valence-corrected chi connectivity index (χ1v) is 6.55.